The van der Waals surface area contributed by atoms with E-state index in [1.54, 1.807) is 33.0 Å². The molecule has 4 atom stereocenters. The van der Waals surface area contributed by atoms with Crippen LogP contribution in [0.4, 0.5) is 4.79 Å². The standard InChI is InChI=1S/C37H37N5O5/c1-6-23-19-37(23,34(44)42-30-17-11-12-22(2)28(30)20-38-42)40-32(43)31-18-24(21-41(31)35(45)47-36(3,4)5)46-33-27-15-8-7-13-25(27)26-14-9-10-16-29(26)39-33/h6-17,20,23-24,31H,1,18-19,21H2,2-5H3,(H,40,43)/t23-,24+,31-,37-/m0/s1. The van der Waals surface area contributed by atoms with E-state index in [-0.39, 0.29) is 24.8 Å². The molecule has 47 heavy (non-hydrogen) atoms. The minimum atomic E-state index is -1.24. The number of nitrogens with zero attached hydrogens (tertiary/aromatic N) is 4. The Hall–Kier alpha value is -5.25. The van der Waals surface area contributed by atoms with Crippen molar-refractivity contribution in [1.82, 2.24) is 25.0 Å². The van der Waals surface area contributed by atoms with Crippen LogP contribution in [-0.4, -0.2) is 67.4 Å². The summed E-state index contributed by atoms with van der Waals surface area (Å²) in [5.41, 5.74) is 0.417. The molecule has 1 saturated heterocycles. The monoisotopic (exact) mass is 631 g/mol. The van der Waals surface area contributed by atoms with Crippen LogP contribution >= 0.6 is 0 Å². The van der Waals surface area contributed by atoms with Gasteiger partial charge in [0.15, 0.2) is 0 Å². The molecule has 2 amide bonds. The van der Waals surface area contributed by atoms with Crippen LogP contribution in [0.15, 0.2) is 85.6 Å². The molecule has 1 N–H and O–H groups in total. The zero-order valence-corrected chi connectivity index (χ0v) is 26.9. The quantitative estimate of drug-likeness (QED) is 0.175. The molecule has 0 spiro atoms. The second-order valence-electron chi connectivity index (χ2n) is 13.5. The summed E-state index contributed by atoms with van der Waals surface area (Å²) in [6.07, 6.45) is 2.70. The first-order valence-electron chi connectivity index (χ1n) is 15.9. The Bertz CT molecular complexity index is 2080. The van der Waals surface area contributed by atoms with Crippen LogP contribution in [0.1, 0.15) is 44.0 Å². The first kappa shape index (κ1) is 30.4. The summed E-state index contributed by atoms with van der Waals surface area (Å²) in [6, 6.07) is 20.4. The van der Waals surface area contributed by atoms with E-state index in [1.807, 2.05) is 73.7 Å². The maximum Gasteiger partial charge on any atom is 0.411 e. The summed E-state index contributed by atoms with van der Waals surface area (Å²) < 4.78 is 13.6. The van der Waals surface area contributed by atoms with Gasteiger partial charge in [-0.25, -0.2) is 9.78 Å². The Kier molecular flexibility index (Phi) is 7.26. The van der Waals surface area contributed by atoms with Gasteiger partial charge >= 0.3 is 6.09 Å². The Morgan fingerprint density at radius 1 is 0.979 bits per heavy atom. The van der Waals surface area contributed by atoms with E-state index in [1.165, 1.54) is 9.58 Å². The number of nitrogens with one attached hydrogen (secondary N) is 1. The molecular weight excluding hydrogens is 594 g/mol. The van der Waals surface area contributed by atoms with Crippen molar-refractivity contribution in [3.63, 3.8) is 0 Å². The molecule has 0 radical (unpaired) electrons. The number of rotatable bonds is 6. The molecule has 240 valence electrons. The fourth-order valence-corrected chi connectivity index (χ4v) is 6.64. The van der Waals surface area contributed by atoms with Crippen molar-refractivity contribution in [2.24, 2.45) is 5.92 Å². The normalized spacial score (nSPS) is 22.4. The predicted molar refractivity (Wildman–Crippen MR) is 179 cm³/mol. The van der Waals surface area contributed by atoms with E-state index < -0.39 is 35.3 Å². The summed E-state index contributed by atoms with van der Waals surface area (Å²) in [4.78, 5) is 48.0. The number of fused-ring (bicyclic) bond motifs is 4. The average molecular weight is 632 g/mol. The average Bonchev–Trinajstić information content (AvgIpc) is 3.35. The van der Waals surface area contributed by atoms with Crippen LogP contribution in [0.5, 0.6) is 5.88 Å². The highest BCUT2D eigenvalue weighted by molar-refractivity contribution is 6.07. The molecule has 1 aliphatic heterocycles. The van der Waals surface area contributed by atoms with Crippen LogP contribution in [0, 0.1) is 12.8 Å². The number of carbonyl (C=O) groups excluding carboxylic acids is 3. The lowest BCUT2D eigenvalue weighted by Crippen LogP contribution is -2.54. The Labute approximate surface area is 272 Å². The Morgan fingerprint density at radius 2 is 1.70 bits per heavy atom. The van der Waals surface area contributed by atoms with Gasteiger partial charge in [-0.3, -0.25) is 14.5 Å². The van der Waals surface area contributed by atoms with E-state index in [0.717, 1.165) is 32.6 Å². The topological polar surface area (TPSA) is 116 Å². The summed E-state index contributed by atoms with van der Waals surface area (Å²) in [6.45, 7) is 11.3. The third kappa shape index (κ3) is 5.37. The van der Waals surface area contributed by atoms with Crippen molar-refractivity contribution in [3.8, 4) is 5.88 Å². The highest BCUT2D eigenvalue weighted by Crippen LogP contribution is 2.46. The fraction of sp³-hybridized carbons (Fsp3) is 0.324. The molecule has 3 heterocycles. The molecule has 10 heteroatoms. The number of ether oxygens (including phenoxy) is 2. The molecule has 0 bridgehead atoms. The van der Waals surface area contributed by atoms with E-state index in [0.29, 0.717) is 17.8 Å². The Morgan fingerprint density at radius 3 is 2.43 bits per heavy atom. The van der Waals surface area contributed by atoms with Crippen molar-refractivity contribution in [3.05, 3.63) is 91.1 Å². The van der Waals surface area contributed by atoms with Crippen molar-refractivity contribution >= 4 is 50.5 Å². The van der Waals surface area contributed by atoms with Crippen LogP contribution in [0.25, 0.3) is 32.6 Å². The number of para-hydroxylation sites is 1. The van der Waals surface area contributed by atoms with Gasteiger partial charge in [0.1, 0.15) is 23.3 Å². The summed E-state index contributed by atoms with van der Waals surface area (Å²) in [5, 5.41) is 11.1. The van der Waals surface area contributed by atoms with Crippen molar-refractivity contribution in [2.75, 3.05) is 6.54 Å². The molecule has 1 aliphatic carbocycles. The van der Waals surface area contributed by atoms with Crippen LogP contribution in [-0.2, 0) is 9.53 Å². The minimum Gasteiger partial charge on any atom is -0.472 e. The molecule has 2 fully saturated rings. The highest BCUT2D eigenvalue weighted by atomic mass is 16.6. The zero-order valence-electron chi connectivity index (χ0n) is 26.9. The molecule has 1 saturated carbocycles. The first-order chi connectivity index (χ1) is 22.5. The number of amides is 2. The number of hydrogen-bond acceptors (Lipinski definition) is 7. The number of aromatic nitrogens is 3. The molecular formula is C37H37N5O5. The van der Waals surface area contributed by atoms with Crippen LogP contribution in [0.2, 0.25) is 0 Å². The van der Waals surface area contributed by atoms with E-state index in [4.69, 9.17) is 14.5 Å². The Balaban J connectivity index is 1.19. The van der Waals surface area contributed by atoms with Crippen LogP contribution < -0.4 is 10.1 Å². The van der Waals surface area contributed by atoms with Gasteiger partial charge in [-0.05, 0) is 63.3 Å². The van der Waals surface area contributed by atoms with Crippen molar-refractivity contribution in [2.45, 2.75) is 63.8 Å². The highest BCUT2D eigenvalue weighted by Gasteiger charge is 2.61. The summed E-state index contributed by atoms with van der Waals surface area (Å²) in [7, 11) is 0. The molecule has 7 rings (SSSR count). The van der Waals surface area contributed by atoms with E-state index >= 15 is 0 Å². The van der Waals surface area contributed by atoms with Gasteiger partial charge in [-0.2, -0.15) is 9.78 Å². The summed E-state index contributed by atoms with van der Waals surface area (Å²) in [5.74, 6) is -0.683. The van der Waals surface area contributed by atoms with Gasteiger partial charge in [0.2, 0.25) is 11.8 Å². The van der Waals surface area contributed by atoms with E-state index in [9.17, 15) is 14.4 Å². The number of likely N-dealkylation sites (tertiary alicyclic amines) is 1. The van der Waals surface area contributed by atoms with Gasteiger partial charge in [0.25, 0.3) is 5.91 Å². The summed E-state index contributed by atoms with van der Waals surface area (Å²) >= 11 is 0. The molecule has 2 aliphatic rings. The van der Waals surface area contributed by atoms with Gasteiger partial charge in [-0.15, -0.1) is 6.58 Å². The lowest BCUT2D eigenvalue weighted by Gasteiger charge is -2.29. The van der Waals surface area contributed by atoms with Gasteiger partial charge < -0.3 is 14.8 Å². The SMILES string of the molecule is C=C[C@H]1C[C@@]1(NC(=O)[C@@H]1C[C@@H](Oc2nc3ccccc3c3ccccc23)CN1C(=O)OC(C)(C)C)C(=O)n1ncc2c(C)cccc21. The number of benzene rings is 3. The number of aryl methyl sites for hydroxylation is 1. The maximum absolute atomic E-state index is 14.2. The second kappa shape index (κ2) is 11.2. The van der Waals surface area contributed by atoms with Gasteiger partial charge in [-0.1, -0.05) is 54.6 Å². The number of hydrogen-bond donors (Lipinski definition) is 1. The molecule has 2 aromatic heterocycles. The second-order valence-corrected chi connectivity index (χ2v) is 13.5. The maximum atomic E-state index is 14.2. The van der Waals surface area contributed by atoms with Crippen molar-refractivity contribution < 1.29 is 23.9 Å². The van der Waals surface area contributed by atoms with E-state index in [2.05, 4.69) is 17.0 Å². The first-order valence-corrected chi connectivity index (χ1v) is 15.9. The largest absolute Gasteiger partial charge is 0.472 e. The third-order valence-electron chi connectivity index (χ3n) is 9.10. The lowest BCUT2D eigenvalue weighted by atomic mass is 10.1. The zero-order chi connectivity index (χ0) is 33.1. The smallest absolute Gasteiger partial charge is 0.411 e. The molecule has 10 nitrogen and oxygen atoms in total. The minimum absolute atomic E-state index is 0.102. The van der Waals surface area contributed by atoms with Crippen molar-refractivity contribution in [1.29, 1.82) is 0 Å². The molecule has 3 aromatic carbocycles. The third-order valence-corrected chi connectivity index (χ3v) is 9.10. The fourth-order valence-electron chi connectivity index (χ4n) is 6.64. The van der Waals surface area contributed by atoms with Gasteiger partial charge in [0.05, 0.1) is 23.8 Å². The number of pyridine rings is 1. The predicted octanol–water partition coefficient (Wildman–Crippen LogP) is 6.20. The number of carbonyl (C=O) groups is 3. The van der Waals surface area contributed by atoms with Gasteiger partial charge in [0, 0.05) is 28.5 Å². The molecule has 5 aromatic rings. The lowest BCUT2D eigenvalue weighted by molar-refractivity contribution is -0.126. The van der Waals surface area contributed by atoms with Crippen LogP contribution in [0.3, 0.4) is 0 Å². The molecule has 0 unspecified atom stereocenters.